The Hall–Kier alpha value is -2.82. The van der Waals surface area contributed by atoms with Crippen molar-refractivity contribution in [1.29, 1.82) is 0 Å². The molecular weight excluding hydrogens is 352 g/mol. The van der Waals surface area contributed by atoms with Gasteiger partial charge in [-0.2, -0.15) is 0 Å². The lowest BCUT2D eigenvalue weighted by Crippen LogP contribution is -2.46. The smallest absolute Gasteiger partial charge is 0.409 e. The maximum atomic E-state index is 12.8. The van der Waals surface area contributed by atoms with Gasteiger partial charge in [0.2, 0.25) is 5.91 Å². The first-order valence-corrected chi connectivity index (χ1v) is 9.98. The van der Waals surface area contributed by atoms with Gasteiger partial charge in [-0.25, -0.2) is 4.79 Å². The zero-order valence-corrected chi connectivity index (χ0v) is 16.3. The molecule has 2 aromatic carbocycles. The molecule has 1 saturated heterocycles. The number of ether oxygens (including phenoxy) is 1. The van der Waals surface area contributed by atoms with E-state index in [1.54, 1.807) is 11.8 Å². The third kappa shape index (κ3) is 5.35. The number of likely N-dealkylation sites (tertiary alicyclic amines) is 1. The molecule has 1 heterocycles. The van der Waals surface area contributed by atoms with Gasteiger partial charge < -0.3 is 15.0 Å². The third-order valence-corrected chi connectivity index (χ3v) is 5.18. The molecule has 0 bridgehead atoms. The Labute approximate surface area is 166 Å². The van der Waals surface area contributed by atoms with E-state index in [4.69, 9.17) is 4.74 Å². The van der Waals surface area contributed by atoms with Gasteiger partial charge >= 0.3 is 6.09 Å². The summed E-state index contributed by atoms with van der Waals surface area (Å²) < 4.78 is 5.05. The molecule has 0 saturated carbocycles. The quantitative estimate of drug-likeness (QED) is 0.826. The summed E-state index contributed by atoms with van der Waals surface area (Å²) in [6.45, 7) is 3.42. The molecule has 148 valence electrons. The topological polar surface area (TPSA) is 58.6 Å². The molecule has 1 N–H and O–H groups in total. The summed E-state index contributed by atoms with van der Waals surface area (Å²) in [5, 5.41) is 3.16. The molecule has 1 aliphatic heterocycles. The van der Waals surface area contributed by atoms with E-state index >= 15 is 0 Å². The van der Waals surface area contributed by atoms with Gasteiger partial charge in [0.1, 0.15) is 0 Å². The fourth-order valence-electron chi connectivity index (χ4n) is 3.69. The fourth-order valence-corrected chi connectivity index (χ4v) is 3.69. The summed E-state index contributed by atoms with van der Waals surface area (Å²) >= 11 is 0. The van der Waals surface area contributed by atoms with Crippen molar-refractivity contribution >= 4 is 12.0 Å². The van der Waals surface area contributed by atoms with Crippen molar-refractivity contribution in [3.05, 3.63) is 71.8 Å². The monoisotopic (exact) mass is 380 g/mol. The first-order valence-electron chi connectivity index (χ1n) is 9.98. The average molecular weight is 380 g/mol. The molecular formula is C23H28N2O3. The lowest BCUT2D eigenvalue weighted by atomic mass is 9.88. The Morgan fingerprint density at radius 3 is 2.04 bits per heavy atom. The van der Waals surface area contributed by atoms with Gasteiger partial charge in [0.25, 0.3) is 0 Å². The Bertz CT molecular complexity index is 716. The summed E-state index contributed by atoms with van der Waals surface area (Å²) in [6.07, 6.45) is 1.66. The van der Waals surface area contributed by atoms with Crippen LogP contribution in [0.1, 0.15) is 43.2 Å². The van der Waals surface area contributed by atoms with Crippen molar-refractivity contribution in [3.63, 3.8) is 0 Å². The van der Waals surface area contributed by atoms with E-state index in [0.29, 0.717) is 26.1 Å². The van der Waals surface area contributed by atoms with Crippen LogP contribution in [0.3, 0.4) is 0 Å². The van der Waals surface area contributed by atoms with Gasteiger partial charge in [-0.05, 0) is 30.9 Å². The zero-order chi connectivity index (χ0) is 19.8. The van der Waals surface area contributed by atoms with Crippen LogP contribution in [0.4, 0.5) is 4.79 Å². The van der Waals surface area contributed by atoms with Gasteiger partial charge in [0.05, 0.1) is 6.61 Å². The van der Waals surface area contributed by atoms with Gasteiger partial charge in [0, 0.05) is 31.5 Å². The second-order valence-electron chi connectivity index (χ2n) is 7.11. The first-order chi connectivity index (χ1) is 13.7. The van der Waals surface area contributed by atoms with E-state index in [2.05, 4.69) is 29.6 Å². The van der Waals surface area contributed by atoms with Crippen LogP contribution < -0.4 is 5.32 Å². The predicted molar refractivity (Wildman–Crippen MR) is 109 cm³/mol. The number of rotatable bonds is 6. The van der Waals surface area contributed by atoms with Crippen LogP contribution in [-0.2, 0) is 9.53 Å². The SMILES string of the molecule is CCOC(=O)N1CCC(NC(=O)CC(c2ccccc2)c2ccccc2)CC1. The molecule has 5 heteroatoms. The largest absolute Gasteiger partial charge is 0.450 e. The third-order valence-electron chi connectivity index (χ3n) is 5.18. The van der Waals surface area contributed by atoms with Gasteiger partial charge in [-0.15, -0.1) is 0 Å². The van der Waals surface area contributed by atoms with Crippen LogP contribution >= 0.6 is 0 Å². The minimum absolute atomic E-state index is 0.0296. The van der Waals surface area contributed by atoms with Crippen molar-refractivity contribution in [1.82, 2.24) is 10.2 Å². The van der Waals surface area contributed by atoms with Crippen molar-refractivity contribution in [2.24, 2.45) is 0 Å². The van der Waals surface area contributed by atoms with Crippen LogP contribution in [0.2, 0.25) is 0 Å². The molecule has 0 unspecified atom stereocenters. The maximum absolute atomic E-state index is 12.8. The van der Waals surface area contributed by atoms with E-state index < -0.39 is 0 Å². The zero-order valence-electron chi connectivity index (χ0n) is 16.3. The lowest BCUT2D eigenvalue weighted by Gasteiger charge is -2.32. The summed E-state index contributed by atoms with van der Waals surface area (Å²) in [6, 6.07) is 20.4. The van der Waals surface area contributed by atoms with Crippen LogP contribution in [0.5, 0.6) is 0 Å². The van der Waals surface area contributed by atoms with Crippen molar-refractivity contribution in [2.45, 2.75) is 38.1 Å². The fraction of sp³-hybridized carbons (Fsp3) is 0.391. The second-order valence-corrected chi connectivity index (χ2v) is 7.11. The maximum Gasteiger partial charge on any atom is 0.409 e. The molecule has 1 aliphatic rings. The average Bonchev–Trinajstić information content (AvgIpc) is 2.74. The minimum Gasteiger partial charge on any atom is -0.450 e. The molecule has 1 fully saturated rings. The summed E-state index contributed by atoms with van der Waals surface area (Å²) in [4.78, 5) is 26.3. The van der Waals surface area contributed by atoms with E-state index in [1.807, 2.05) is 36.4 Å². The summed E-state index contributed by atoms with van der Waals surface area (Å²) in [5.41, 5.74) is 2.28. The number of amides is 2. The Balaban J connectivity index is 1.59. The van der Waals surface area contributed by atoms with Crippen LogP contribution in [0.15, 0.2) is 60.7 Å². The normalized spacial score (nSPS) is 14.7. The van der Waals surface area contributed by atoms with E-state index in [1.165, 1.54) is 0 Å². The second kappa shape index (κ2) is 9.93. The van der Waals surface area contributed by atoms with E-state index in [9.17, 15) is 9.59 Å². The highest BCUT2D eigenvalue weighted by Gasteiger charge is 2.26. The number of carbonyl (C=O) groups is 2. The highest BCUT2D eigenvalue weighted by molar-refractivity contribution is 5.78. The highest BCUT2D eigenvalue weighted by atomic mass is 16.6. The molecule has 28 heavy (non-hydrogen) atoms. The van der Waals surface area contributed by atoms with Crippen molar-refractivity contribution in [3.8, 4) is 0 Å². The Morgan fingerprint density at radius 2 is 1.54 bits per heavy atom. The van der Waals surface area contributed by atoms with Crippen LogP contribution in [-0.4, -0.2) is 42.6 Å². The van der Waals surface area contributed by atoms with Crippen LogP contribution in [0.25, 0.3) is 0 Å². The molecule has 0 spiro atoms. The minimum atomic E-state index is -0.263. The molecule has 5 nitrogen and oxygen atoms in total. The predicted octanol–water partition coefficient (Wildman–Crippen LogP) is 3.95. The van der Waals surface area contributed by atoms with Crippen molar-refractivity contribution in [2.75, 3.05) is 19.7 Å². The van der Waals surface area contributed by atoms with Crippen molar-refractivity contribution < 1.29 is 14.3 Å². The molecule has 0 radical (unpaired) electrons. The number of hydrogen-bond donors (Lipinski definition) is 1. The first kappa shape index (κ1) is 19.9. The molecule has 3 rings (SSSR count). The van der Waals surface area contributed by atoms with E-state index in [0.717, 1.165) is 24.0 Å². The number of nitrogens with one attached hydrogen (secondary N) is 1. The van der Waals surface area contributed by atoms with E-state index in [-0.39, 0.29) is 24.0 Å². The molecule has 2 aromatic rings. The molecule has 0 atom stereocenters. The number of piperidine rings is 1. The Kier molecular flexibility index (Phi) is 7.06. The van der Waals surface area contributed by atoms with Gasteiger partial charge in [0.15, 0.2) is 0 Å². The number of nitrogens with zero attached hydrogens (tertiary/aromatic N) is 1. The number of benzene rings is 2. The van der Waals surface area contributed by atoms with Gasteiger partial charge in [-0.3, -0.25) is 4.79 Å². The number of carbonyl (C=O) groups excluding carboxylic acids is 2. The highest BCUT2D eigenvalue weighted by Crippen LogP contribution is 2.28. The Morgan fingerprint density at radius 1 is 1.00 bits per heavy atom. The summed E-state index contributed by atoms with van der Waals surface area (Å²) in [5.74, 6) is 0.0781. The lowest BCUT2D eigenvalue weighted by molar-refractivity contribution is -0.122. The van der Waals surface area contributed by atoms with Crippen LogP contribution in [0, 0.1) is 0 Å². The molecule has 0 aliphatic carbocycles. The summed E-state index contributed by atoms with van der Waals surface area (Å²) in [7, 11) is 0. The number of hydrogen-bond acceptors (Lipinski definition) is 3. The molecule has 0 aromatic heterocycles. The standard InChI is InChI=1S/C23H28N2O3/c1-2-28-23(27)25-15-13-20(14-16-25)24-22(26)17-21(18-9-5-3-6-10-18)19-11-7-4-8-12-19/h3-12,20-21H,2,13-17H2,1H3,(H,24,26). The molecule has 2 amide bonds. The van der Waals surface area contributed by atoms with Gasteiger partial charge in [-0.1, -0.05) is 60.7 Å².